The van der Waals surface area contributed by atoms with Crippen molar-refractivity contribution in [1.82, 2.24) is 4.90 Å². The summed E-state index contributed by atoms with van der Waals surface area (Å²) in [4.78, 5) is 15.4. The van der Waals surface area contributed by atoms with E-state index in [0.717, 1.165) is 24.9 Å². The lowest BCUT2D eigenvalue weighted by molar-refractivity contribution is 0.00703. The number of nitrogens with zero attached hydrogens (tertiary/aromatic N) is 2. The van der Waals surface area contributed by atoms with Crippen molar-refractivity contribution in [3.8, 4) is 5.75 Å². The number of anilines is 1. The number of benzene rings is 2. The van der Waals surface area contributed by atoms with Crippen LogP contribution in [0.2, 0.25) is 0 Å². The Morgan fingerprint density at radius 1 is 1.18 bits per heavy atom. The second-order valence-electron chi connectivity index (χ2n) is 9.23. The fourth-order valence-corrected chi connectivity index (χ4v) is 5.19. The summed E-state index contributed by atoms with van der Waals surface area (Å²) in [5.41, 5.74) is 0.544. The Labute approximate surface area is 197 Å². The molecule has 8 heteroatoms. The third-order valence-corrected chi connectivity index (χ3v) is 7.42. The lowest BCUT2D eigenvalue weighted by Gasteiger charge is -2.29. The predicted molar refractivity (Wildman–Crippen MR) is 129 cm³/mol. The van der Waals surface area contributed by atoms with Crippen LogP contribution in [0.25, 0.3) is 0 Å². The average molecular weight is 474 g/mol. The zero-order valence-corrected chi connectivity index (χ0v) is 20.8. The Balaban J connectivity index is 2.09. The molecule has 1 atom stereocenters. The summed E-state index contributed by atoms with van der Waals surface area (Å²) in [5, 5.41) is 0. The van der Waals surface area contributed by atoms with Gasteiger partial charge in [0.1, 0.15) is 11.4 Å². The molecule has 0 aliphatic carbocycles. The fourth-order valence-electron chi connectivity index (χ4n) is 3.94. The SMILES string of the molecule is [CH2][C@H]1CCCN1Cc1cccc(C(=O)OC(C)(C)C)c1N(C)S(=O)(=O)c1ccc(OC)cc1. The van der Waals surface area contributed by atoms with Crippen molar-refractivity contribution in [2.45, 2.75) is 56.7 Å². The molecule has 33 heavy (non-hydrogen) atoms. The van der Waals surface area contributed by atoms with E-state index in [-0.39, 0.29) is 16.5 Å². The first-order valence-electron chi connectivity index (χ1n) is 11.0. The van der Waals surface area contributed by atoms with Crippen LogP contribution in [-0.4, -0.2) is 51.6 Å². The summed E-state index contributed by atoms with van der Waals surface area (Å²) in [7, 11) is -0.959. The molecule has 0 spiro atoms. The molecule has 2 aromatic rings. The van der Waals surface area contributed by atoms with Gasteiger partial charge in [0.2, 0.25) is 0 Å². The third-order valence-electron chi connectivity index (χ3n) is 5.64. The molecule has 1 saturated heterocycles. The second-order valence-corrected chi connectivity index (χ2v) is 11.2. The van der Waals surface area contributed by atoms with E-state index in [1.807, 2.05) is 6.07 Å². The molecule has 1 aliphatic heterocycles. The van der Waals surface area contributed by atoms with Gasteiger partial charge >= 0.3 is 5.97 Å². The highest BCUT2D eigenvalue weighted by atomic mass is 32.2. The standard InChI is InChI=1S/C25H33N2O5S/c1-18-9-8-16-27(18)17-19-10-7-11-22(24(28)32-25(2,3)4)23(19)26(5)33(29,30)21-14-12-20(31-6)13-15-21/h7,10-15,18H,1,8-9,16-17H2,2-6H3/t18-/m0/s1. The molecule has 1 radical (unpaired) electrons. The monoisotopic (exact) mass is 473 g/mol. The van der Waals surface area contributed by atoms with E-state index in [1.165, 1.54) is 30.6 Å². The van der Waals surface area contributed by atoms with Crippen LogP contribution in [0, 0.1) is 6.92 Å². The predicted octanol–water partition coefficient (Wildman–Crippen LogP) is 4.27. The Kier molecular flexibility index (Phi) is 7.39. The molecule has 1 aliphatic rings. The molecular formula is C25H33N2O5S. The van der Waals surface area contributed by atoms with Gasteiger partial charge in [0.25, 0.3) is 10.0 Å². The van der Waals surface area contributed by atoms with Crippen molar-refractivity contribution >= 4 is 21.7 Å². The molecule has 179 valence electrons. The average Bonchev–Trinajstić information content (AvgIpc) is 3.16. The summed E-state index contributed by atoms with van der Waals surface area (Å²) >= 11 is 0. The zero-order chi connectivity index (χ0) is 24.4. The van der Waals surface area contributed by atoms with E-state index in [4.69, 9.17) is 9.47 Å². The first kappa shape index (κ1) is 25.1. The largest absolute Gasteiger partial charge is 0.497 e. The molecule has 0 saturated carbocycles. The second kappa shape index (κ2) is 9.73. The van der Waals surface area contributed by atoms with Crippen molar-refractivity contribution in [2.24, 2.45) is 0 Å². The molecule has 1 heterocycles. The molecule has 2 aromatic carbocycles. The van der Waals surface area contributed by atoms with Crippen molar-refractivity contribution in [1.29, 1.82) is 0 Å². The van der Waals surface area contributed by atoms with Gasteiger partial charge in [-0.05, 0) is 83.0 Å². The number of hydrogen-bond acceptors (Lipinski definition) is 6. The number of carbonyl (C=O) groups is 1. The van der Waals surface area contributed by atoms with Gasteiger partial charge < -0.3 is 9.47 Å². The molecule has 1 fully saturated rings. The molecule has 0 aromatic heterocycles. The minimum absolute atomic E-state index is 0.104. The highest BCUT2D eigenvalue weighted by Gasteiger charge is 2.31. The van der Waals surface area contributed by atoms with Crippen LogP contribution >= 0.6 is 0 Å². The smallest absolute Gasteiger partial charge is 0.340 e. The number of likely N-dealkylation sites (tertiary alicyclic amines) is 1. The Morgan fingerprint density at radius 2 is 1.85 bits per heavy atom. The van der Waals surface area contributed by atoms with Crippen LogP contribution in [0.1, 0.15) is 49.5 Å². The minimum atomic E-state index is -3.95. The third kappa shape index (κ3) is 5.68. The summed E-state index contributed by atoms with van der Waals surface area (Å²) in [6.45, 7) is 10.9. The van der Waals surface area contributed by atoms with Crippen LogP contribution in [0.3, 0.4) is 0 Å². The molecule has 7 nitrogen and oxygen atoms in total. The zero-order valence-electron chi connectivity index (χ0n) is 20.0. The van der Waals surface area contributed by atoms with E-state index >= 15 is 0 Å². The summed E-state index contributed by atoms with van der Waals surface area (Å²) in [6.07, 6.45) is 2.02. The topological polar surface area (TPSA) is 76.2 Å². The first-order valence-corrected chi connectivity index (χ1v) is 12.4. The van der Waals surface area contributed by atoms with E-state index < -0.39 is 21.6 Å². The number of hydrogen-bond donors (Lipinski definition) is 0. The molecule has 0 amide bonds. The Hall–Kier alpha value is -2.58. The summed E-state index contributed by atoms with van der Waals surface area (Å²) in [6, 6.07) is 11.6. The minimum Gasteiger partial charge on any atom is -0.497 e. The Morgan fingerprint density at radius 3 is 2.39 bits per heavy atom. The van der Waals surface area contributed by atoms with Crippen LogP contribution in [-0.2, 0) is 21.3 Å². The van der Waals surface area contributed by atoms with Crippen molar-refractivity contribution < 1.29 is 22.7 Å². The molecular weight excluding hydrogens is 440 g/mol. The maximum Gasteiger partial charge on any atom is 0.340 e. The lowest BCUT2D eigenvalue weighted by atomic mass is 10.1. The van der Waals surface area contributed by atoms with Gasteiger partial charge in [0.05, 0.1) is 23.3 Å². The van der Waals surface area contributed by atoms with E-state index in [2.05, 4.69) is 11.8 Å². The first-order chi connectivity index (χ1) is 15.4. The van der Waals surface area contributed by atoms with Gasteiger partial charge in [-0.25, -0.2) is 13.2 Å². The fraction of sp³-hybridized carbons (Fsp3) is 0.440. The van der Waals surface area contributed by atoms with Gasteiger partial charge in [-0.3, -0.25) is 9.21 Å². The summed E-state index contributed by atoms with van der Waals surface area (Å²) in [5.74, 6) is -0.00862. The number of methoxy groups -OCH3 is 1. The van der Waals surface area contributed by atoms with Crippen LogP contribution in [0.5, 0.6) is 5.75 Å². The van der Waals surface area contributed by atoms with Gasteiger partial charge in [-0.15, -0.1) is 0 Å². The summed E-state index contributed by atoms with van der Waals surface area (Å²) < 4.78 is 39.0. The number of sulfonamides is 1. The van der Waals surface area contributed by atoms with Crippen LogP contribution in [0.15, 0.2) is 47.4 Å². The van der Waals surface area contributed by atoms with E-state index in [9.17, 15) is 13.2 Å². The van der Waals surface area contributed by atoms with E-state index in [0.29, 0.717) is 18.0 Å². The number of carbonyl (C=O) groups excluding carboxylic acids is 1. The Bertz CT molecular complexity index is 1090. The lowest BCUT2D eigenvalue weighted by Crippen LogP contribution is -2.33. The number of ether oxygens (including phenoxy) is 2. The molecule has 0 N–H and O–H groups in total. The highest BCUT2D eigenvalue weighted by molar-refractivity contribution is 7.92. The number of rotatable bonds is 7. The number of esters is 1. The highest BCUT2D eigenvalue weighted by Crippen LogP contribution is 2.33. The van der Waals surface area contributed by atoms with Crippen LogP contribution in [0.4, 0.5) is 5.69 Å². The van der Waals surface area contributed by atoms with Crippen molar-refractivity contribution in [2.75, 3.05) is 25.0 Å². The van der Waals surface area contributed by atoms with E-state index in [1.54, 1.807) is 45.0 Å². The number of para-hydroxylation sites is 1. The molecule has 0 unspecified atom stereocenters. The maximum atomic E-state index is 13.6. The van der Waals surface area contributed by atoms with Crippen molar-refractivity contribution in [3.05, 3.63) is 60.5 Å². The van der Waals surface area contributed by atoms with Gasteiger partial charge in [-0.1, -0.05) is 12.1 Å². The molecule has 3 rings (SSSR count). The van der Waals surface area contributed by atoms with Crippen LogP contribution < -0.4 is 9.04 Å². The van der Waals surface area contributed by atoms with Crippen molar-refractivity contribution in [3.63, 3.8) is 0 Å². The van der Waals surface area contributed by atoms with Gasteiger partial charge in [0, 0.05) is 19.6 Å². The quantitative estimate of drug-likeness (QED) is 0.559. The molecule has 0 bridgehead atoms. The van der Waals surface area contributed by atoms with Gasteiger partial charge in [0.15, 0.2) is 0 Å². The van der Waals surface area contributed by atoms with Gasteiger partial charge in [-0.2, -0.15) is 0 Å². The normalized spacial score (nSPS) is 17.1. The maximum absolute atomic E-state index is 13.6.